The molecule has 2 heterocycles. The molecule has 2 unspecified atom stereocenters. The van der Waals surface area contributed by atoms with E-state index in [1.165, 1.54) is 11.1 Å². The van der Waals surface area contributed by atoms with Gasteiger partial charge in [-0.05, 0) is 49.4 Å². The average Bonchev–Trinajstić information content (AvgIpc) is 3.26. The van der Waals surface area contributed by atoms with Gasteiger partial charge in [-0.25, -0.2) is 10.9 Å². The Kier molecular flexibility index (Phi) is 6.67. The maximum atomic E-state index is 12.4. The van der Waals surface area contributed by atoms with E-state index in [1.807, 2.05) is 24.3 Å². The number of nitrogens with zero attached hydrogens (tertiary/aromatic N) is 1. The molecule has 2 aromatic carbocycles. The van der Waals surface area contributed by atoms with Crippen molar-refractivity contribution in [3.63, 3.8) is 0 Å². The highest BCUT2D eigenvalue weighted by atomic mass is 16.5. The summed E-state index contributed by atoms with van der Waals surface area (Å²) in [6, 6.07) is 17.0. The summed E-state index contributed by atoms with van der Waals surface area (Å²) in [5.41, 5.74) is 10.4. The number of hydrazine groups is 1. The molecule has 30 heavy (non-hydrogen) atoms. The van der Waals surface area contributed by atoms with Gasteiger partial charge in [0, 0.05) is 25.2 Å². The van der Waals surface area contributed by atoms with Crippen LogP contribution in [0.4, 0.5) is 0 Å². The molecule has 2 aliphatic heterocycles. The Morgan fingerprint density at radius 3 is 2.43 bits per heavy atom. The van der Waals surface area contributed by atoms with Crippen LogP contribution in [0.2, 0.25) is 0 Å². The first-order chi connectivity index (χ1) is 14.6. The molecular formula is C24H32N4O2. The van der Waals surface area contributed by atoms with Crippen molar-refractivity contribution >= 4 is 5.91 Å². The van der Waals surface area contributed by atoms with Crippen molar-refractivity contribution in [2.24, 2.45) is 0 Å². The lowest BCUT2D eigenvalue weighted by Crippen LogP contribution is -2.51. The van der Waals surface area contributed by atoms with Crippen LogP contribution in [0.5, 0.6) is 5.75 Å². The number of hydrogen-bond acceptors (Lipinski definition) is 5. The maximum Gasteiger partial charge on any atom is 0.224 e. The standard InChI is InChI=1S/C24H32N4O2/c1-17-3-5-18(6-4-17)15-24(29)25-20-11-13-28(14-12-20)23-16-22(26-27-23)19-7-9-21(30-2)10-8-19/h3-10,20,22-23,26-27H,11-16H2,1-2H3,(H,25,29). The van der Waals surface area contributed by atoms with Crippen LogP contribution in [0.1, 0.15) is 42.0 Å². The summed E-state index contributed by atoms with van der Waals surface area (Å²) in [5.74, 6) is 1.00. The van der Waals surface area contributed by atoms with E-state index in [2.05, 4.69) is 52.3 Å². The highest BCUT2D eigenvalue weighted by Gasteiger charge is 2.32. The lowest BCUT2D eigenvalue weighted by Gasteiger charge is -2.35. The second-order valence-corrected chi connectivity index (χ2v) is 8.41. The minimum atomic E-state index is 0.123. The number of piperidine rings is 1. The highest BCUT2D eigenvalue weighted by Crippen LogP contribution is 2.27. The van der Waals surface area contributed by atoms with Gasteiger partial charge in [-0.15, -0.1) is 0 Å². The minimum absolute atomic E-state index is 0.123. The molecule has 6 nitrogen and oxygen atoms in total. The van der Waals surface area contributed by atoms with Crippen molar-refractivity contribution in [3.05, 3.63) is 65.2 Å². The van der Waals surface area contributed by atoms with Gasteiger partial charge < -0.3 is 10.1 Å². The van der Waals surface area contributed by atoms with Gasteiger partial charge in [0.25, 0.3) is 0 Å². The molecule has 0 aromatic heterocycles. The minimum Gasteiger partial charge on any atom is -0.497 e. The molecule has 6 heteroatoms. The fourth-order valence-electron chi connectivity index (χ4n) is 4.36. The van der Waals surface area contributed by atoms with Gasteiger partial charge in [-0.2, -0.15) is 0 Å². The Balaban J connectivity index is 1.21. The predicted octanol–water partition coefficient (Wildman–Crippen LogP) is 2.69. The van der Waals surface area contributed by atoms with Crippen LogP contribution < -0.4 is 20.9 Å². The lowest BCUT2D eigenvalue weighted by molar-refractivity contribution is -0.121. The summed E-state index contributed by atoms with van der Waals surface area (Å²) in [6.07, 6.45) is 3.78. The summed E-state index contributed by atoms with van der Waals surface area (Å²) < 4.78 is 5.25. The Bertz CT molecular complexity index is 829. The van der Waals surface area contributed by atoms with E-state index in [1.54, 1.807) is 7.11 Å². The smallest absolute Gasteiger partial charge is 0.224 e. The van der Waals surface area contributed by atoms with E-state index in [9.17, 15) is 4.79 Å². The second-order valence-electron chi connectivity index (χ2n) is 8.41. The van der Waals surface area contributed by atoms with Crippen molar-refractivity contribution in [2.75, 3.05) is 20.2 Å². The second kappa shape index (κ2) is 9.60. The molecule has 0 bridgehead atoms. The van der Waals surface area contributed by atoms with Crippen LogP contribution in [-0.2, 0) is 11.2 Å². The monoisotopic (exact) mass is 408 g/mol. The molecule has 2 saturated heterocycles. The number of hydrogen-bond donors (Lipinski definition) is 3. The molecular weight excluding hydrogens is 376 g/mol. The summed E-state index contributed by atoms with van der Waals surface area (Å²) in [4.78, 5) is 14.9. The number of benzene rings is 2. The number of aryl methyl sites for hydroxylation is 1. The van der Waals surface area contributed by atoms with E-state index >= 15 is 0 Å². The number of methoxy groups -OCH3 is 1. The van der Waals surface area contributed by atoms with Crippen molar-refractivity contribution in [3.8, 4) is 5.75 Å². The summed E-state index contributed by atoms with van der Waals surface area (Å²) in [5, 5.41) is 3.23. The normalized spacial score (nSPS) is 22.7. The van der Waals surface area contributed by atoms with Crippen molar-refractivity contribution in [1.82, 2.24) is 21.1 Å². The zero-order valence-electron chi connectivity index (χ0n) is 17.9. The third kappa shape index (κ3) is 5.19. The molecule has 2 aliphatic rings. The average molecular weight is 409 g/mol. The summed E-state index contributed by atoms with van der Waals surface area (Å²) in [7, 11) is 1.69. The van der Waals surface area contributed by atoms with Gasteiger partial charge in [0.15, 0.2) is 0 Å². The van der Waals surface area contributed by atoms with Gasteiger partial charge in [-0.3, -0.25) is 9.69 Å². The predicted molar refractivity (Wildman–Crippen MR) is 118 cm³/mol. The molecule has 0 saturated carbocycles. The number of ether oxygens (including phenoxy) is 1. The molecule has 0 spiro atoms. The zero-order chi connectivity index (χ0) is 20.9. The third-order valence-electron chi connectivity index (χ3n) is 6.22. The van der Waals surface area contributed by atoms with E-state index in [4.69, 9.17) is 4.74 Å². The first-order valence-corrected chi connectivity index (χ1v) is 10.8. The molecule has 2 aromatic rings. The fraction of sp³-hybridized carbons (Fsp3) is 0.458. The Morgan fingerprint density at radius 2 is 1.77 bits per heavy atom. The summed E-state index contributed by atoms with van der Waals surface area (Å²) >= 11 is 0. The number of carbonyl (C=O) groups is 1. The largest absolute Gasteiger partial charge is 0.497 e. The van der Waals surface area contributed by atoms with Gasteiger partial charge >= 0.3 is 0 Å². The first-order valence-electron chi connectivity index (χ1n) is 10.8. The van der Waals surface area contributed by atoms with Gasteiger partial charge in [0.1, 0.15) is 5.75 Å². The van der Waals surface area contributed by atoms with Crippen LogP contribution in [0.3, 0.4) is 0 Å². The van der Waals surface area contributed by atoms with Crippen LogP contribution in [0.25, 0.3) is 0 Å². The van der Waals surface area contributed by atoms with E-state index in [-0.39, 0.29) is 11.9 Å². The van der Waals surface area contributed by atoms with Crippen LogP contribution >= 0.6 is 0 Å². The maximum absolute atomic E-state index is 12.4. The van der Waals surface area contributed by atoms with Crippen molar-refractivity contribution < 1.29 is 9.53 Å². The Labute approximate surface area is 179 Å². The Hall–Kier alpha value is -2.41. The van der Waals surface area contributed by atoms with Gasteiger partial charge in [0.2, 0.25) is 5.91 Å². The molecule has 0 radical (unpaired) electrons. The molecule has 2 fully saturated rings. The van der Waals surface area contributed by atoms with Crippen LogP contribution in [0, 0.1) is 6.92 Å². The number of nitrogens with one attached hydrogen (secondary N) is 3. The van der Waals surface area contributed by atoms with E-state index in [0.717, 1.165) is 43.7 Å². The van der Waals surface area contributed by atoms with Crippen molar-refractivity contribution in [1.29, 1.82) is 0 Å². The van der Waals surface area contributed by atoms with E-state index < -0.39 is 0 Å². The quantitative estimate of drug-likeness (QED) is 0.686. The first kappa shape index (κ1) is 20.8. The van der Waals surface area contributed by atoms with Gasteiger partial charge in [-0.1, -0.05) is 42.0 Å². The fourth-order valence-corrected chi connectivity index (χ4v) is 4.36. The number of rotatable bonds is 6. The third-order valence-corrected chi connectivity index (χ3v) is 6.22. The zero-order valence-corrected chi connectivity index (χ0v) is 17.9. The van der Waals surface area contributed by atoms with E-state index in [0.29, 0.717) is 18.6 Å². The Morgan fingerprint density at radius 1 is 1.07 bits per heavy atom. The van der Waals surface area contributed by atoms with Crippen molar-refractivity contribution in [2.45, 2.75) is 50.9 Å². The molecule has 160 valence electrons. The highest BCUT2D eigenvalue weighted by molar-refractivity contribution is 5.78. The molecule has 3 N–H and O–H groups in total. The van der Waals surface area contributed by atoms with Gasteiger partial charge in [0.05, 0.1) is 19.7 Å². The number of amides is 1. The van der Waals surface area contributed by atoms with Crippen LogP contribution in [0.15, 0.2) is 48.5 Å². The lowest BCUT2D eigenvalue weighted by atomic mass is 10.0. The molecule has 1 amide bonds. The molecule has 0 aliphatic carbocycles. The van der Waals surface area contributed by atoms with Crippen LogP contribution in [-0.4, -0.2) is 43.2 Å². The topological polar surface area (TPSA) is 65.6 Å². The molecule has 2 atom stereocenters. The number of carbonyl (C=O) groups excluding carboxylic acids is 1. The SMILES string of the molecule is COc1ccc(C2CC(N3CCC(NC(=O)Cc4ccc(C)cc4)CC3)NN2)cc1. The summed E-state index contributed by atoms with van der Waals surface area (Å²) in [6.45, 7) is 4.04. The molecule has 4 rings (SSSR count). The number of likely N-dealkylation sites (tertiary alicyclic amines) is 1.